The summed E-state index contributed by atoms with van der Waals surface area (Å²) >= 11 is 0. The Labute approximate surface area is 74.2 Å². The molecule has 0 heterocycles. The zero-order valence-corrected chi connectivity index (χ0v) is 7.96. The van der Waals surface area contributed by atoms with Crippen LogP contribution in [0.25, 0.3) is 0 Å². The number of benzene rings is 1. The lowest BCUT2D eigenvalue weighted by Crippen LogP contribution is -1.98. The van der Waals surface area contributed by atoms with Gasteiger partial charge in [-0.2, -0.15) is 0 Å². The molecule has 0 amide bonds. The van der Waals surface area contributed by atoms with E-state index in [0.717, 1.165) is 5.69 Å². The van der Waals surface area contributed by atoms with Gasteiger partial charge in [0.15, 0.2) is 0 Å². The SMILES string of the molecule is CC.Cc1cccc(NCO)c1. The molecule has 0 fully saturated rings. The van der Waals surface area contributed by atoms with Crippen molar-refractivity contribution in [1.82, 2.24) is 0 Å². The fraction of sp³-hybridized carbons (Fsp3) is 0.400. The molecule has 0 unspecified atom stereocenters. The minimum Gasteiger partial charge on any atom is -0.377 e. The summed E-state index contributed by atoms with van der Waals surface area (Å²) in [6.45, 7) is 6.01. The molecule has 0 saturated carbocycles. The molecule has 12 heavy (non-hydrogen) atoms. The molecule has 0 atom stereocenters. The van der Waals surface area contributed by atoms with Crippen LogP contribution in [0.4, 0.5) is 5.69 Å². The summed E-state index contributed by atoms with van der Waals surface area (Å²) in [5, 5.41) is 11.3. The van der Waals surface area contributed by atoms with E-state index >= 15 is 0 Å². The smallest absolute Gasteiger partial charge is 0.113 e. The maximum absolute atomic E-state index is 8.50. The highest BCUT2D eigenvalue weighted by atomic mass is 16.3. The summed E-state index contributed by atoms with van der Waals surface area (Å²) in [6, 6.07) is 7.87. The first-order valence-electron chi connectivity index (χ1n) is 4.24. The maximum atomic E-state index is 8.50. The van der Waals surface area contributed by atoms with Gasteiger partial charge in [-0.15, -0.1) is 0 Å². The number of hydrogen-bond acceptors (Lipinski definition) is 2. The van der Waals surface area contributed by atoms with Gasteiger partial charge in [0.25, 0.3) is 0 Å². The Morgan fingerprint density at radius 2 is 2.00 bits per heavy atom. The molecule has 0 saturated heterocycles. The summed E-state index contributed by atoms with van der Waals surface area (Å²) in [5.74, 6) is 0. The van der Waals surface area contributed by atoms with Crippen LogP contribution in [0.3, 0.4) is 0 Å². The number of aliphatic hydroxyl groups excluding tert-OH is 1. The maximum Gasteiger partial charge on any atom is 0.113 e. The average Bonchev–Trinajstić information content (AvgIpc) is 2.09. The molecule has 68 valence electrons. The molecule has 0 aliphatic carbocycles. The van der Waals surface area contributed by atoms with Gasteiger partial charge in [0.2, 0.25) is 0 Å². The number of rotatable bonds is 2. The van der Waals surface area contributed by atoms with Crippen molar-refractivity contribution < 1.29 is 5.11 Å². The third-order valence-electron chi connectivity index (χ3n) is 1.30. The summed E-state index contributed by atoms with van der Waals surface area (Å²) < 4.78 is 0. The average molecular weight is 167 g/mol. The quantitative estimate of drug-likeness (QED) is 0.663. The molecule has 1 aromatic carbocycles. The molecule has 2 heteroatoms. The van der Waals surface area contributed by atoms with E-state index in [4.69, 9.17) is 5.11 Å². The number of hydrogen-bond donors (Lipinski definition) is 2. The molecule has 0 radical (unpaired) electrons. The van der Waals surface area contributed by atoms with Crippen molar-refractivity contribution in [2.45, 2.75) is 20.8 Å². The van der Waals surface area contributed by atoms with Crippen molar-refractivity contribution in [2.75, 3.05) is 12.0 Å². The highest BCUT2D eigenvalue weighted by molar-refractivity contribution is 5.44. The summed E-state index contributed by atoms with van der Waals surface area (Å²) in [5.41, 5.74) is 2.15. The van der Waals surface area contributed by atoms with Gasteiger partial charge in [0.05, 0.1) is 0 Å². The third kappa shape index (κ3) is 3.98. The lowest BCUT2D eigenvalue weighted by Gasteiger charge is -2.01. The van der Waals surface area contributed by atoms with E-state index in [1.807, 2.05) is 45.0 Å². The van der Waals surface area contributed by atoms with Crippen molar-refractivity contribution in [1.29, 1.82) is 0 Å². The van der Waals surface area contributed by atoms with Crippen LogP contribution in [0, 0.1) is 6.92 Å². The Balaban J connectivity index is 0.000000561. The topological polar surface area (TPSA) is 32.3 Å². The van der Waals surface area contributed by atoms with Gasteiger partial charge in [0, 0.05) is 5.69 Å². The van der Waals surface area contributed by atoms with Crippen LogP contribution in [0.5, 0.6) is 0 Å². The van der Waals surface area contributed by atoms with Crippen LogP contribution in [0.15, 0.2) is 24.3 Å². The molecule has 0 aliphatic rings. The first-order valence-corrected chi connectivity index (χ1v) is 4.24. The van der Waals surface area contributed by atoms with Gasteiger partial charge in [-0.05, 0) is 24.6 Å². The van der Waals surface area contributed by atoms with Crippen molar-refractivity contribution in [3.63, 3.8) is 0 Å². The highest BCUT2D eigenvalue weighted by Crippen LogP contribution is 2.07. The third-order valence-corrected chi connectivity index (χ3v) is 1.30. The Morgan fingerprint density at radius 1 is 1.33 bits per heavy atom. The molecular weight excluding hydrogens is 150 g/mol. The van der Waals surface area contributed by atoms with Gasteiger partial charge in [-0.3, -0.25) is 0 Å². The lowest BCUT2D eigenvalue weighted by molar-refractivity contribution is 0.325. The summed E-state index contributed by atoms with van der Waals surface area (Å²) in [7, 11) is 0. The van der Waals surface area contributed by atoms with Crippen LogP contribution in [0.1, 0.15) is 19.4 Å². The molecule has 1 aromatic rings. The predicted octanol–water partition coefficient (Wildman–Crippen LogP) is 2.38. The zero-order chi connectivity index (χ0) is 9.40. The first kappa shape index (κ1) is 11.0. The predicted molar refractivity (Wildman–Crippen MR) is 53.2 cm³/mol. The summed E-state index contributed by atoms with van der Waals surface area (Å²) in [4.78, 5) is 0. The number of nitrogens with one attached hydrogen (secondary N) is 1. The number of anilines is 1. The fourth-order valence-electron chi connectivity index (χ4n) is 0.846. The Bertz CT molecular complexity index is 211. The molecule has 1 rings (SSSR count). The number of aliphatic hydroxyl groups is 1. The van der Waals surface area contributed by atoms with E-state index in [-0.39, 0.29) is 6.73 Å². The first-order chi connectivity index (χ1) is 5.83. The Hall–Kier alpha value is -1.02. The molecule has 0 aliphatic heterocycles. The normalized spacial score (nSPS) is 8.33. The molecule has 0 spiro atoms. The van der Waals surface area contributed by atoms with Gasteiger partial charge in [-0.1, -0.05) is 26.0 Å². The van der Waals surface area contributed by atoms with Crippen LogP contribution in [-0.4, -0.2) is 11.8 Å². The second-order valence-electron chi connectivity index (χ2n) is 2.20. The van der Waals surface area contributed by atoms with E-state index < -0.39 is 0 Å². The molecule has 0 bridgehead atoms. The van der Waals surface area contributed by atoms with Crippen LogP contribution in [0.2, 0.25) is 0 Å². The number of aryl methyl sites for hydroxylation is 1. The van der Waals surface area contributed by atoms with E-state index in [1.54, 1.807) is 0 Å². The van der Waals surface area contributed by atoms with Crippen molar-refractivity contribution in [2.24, 2.45) is 0 Å². The van der Waals surface area contributed by atoms with E-state index in [2.05, 4.69) is 5.32 Å². The largest absolute Gasteiger partial charge is 0.377 e. The molecule has 2 N–H and O–H groups in total. The van der Waals surface area contributed by atoms with E-state index in [0.29, 0.717) is 0 Å². The molecule has 0 aromatic heterocycles. The van der Waals surface area contributed by atoms with Crippen LogP contribution in [-0.2, 0) is 0 Å². The van der Waals surface area contributed by atoms with Gasteiger partial charge in [0.1, 0.15) is 6.73 Å². The minimum absolute atomic E-state index is 0.0105. The van der Waals surface area contributed by atoms with Gasteiger partial charge < -0.3 is 10.4 Å². The van der Waals surface area contributed by atoms with Crippen molar-refractivity contribution in [3.8, 4) is 0 Å². The lowest BCUT2D eigenvalue weighted by atomic mass is 10.2. The second-order valence-corrected chi connectivity index (χ2v) is 2.20. The van der Waals surface area contributed by atoms with Crippen LogP contribution >= 0.6 is 0 Å². The standard InChI is InChI=1S/C8H11NO.C2H6/c1-7-3-2-4-8(5-7)9-6-10;1-2/h2-5,9-10H,6H2,1H3;1-2H3. The second kappa shape index (κ2) is 6.68. The summed E-state index contributed by atoms with van der Waals surface area (Å²) in [6.07, 6.45) is 0. The fourth-order valence-corrected chi connectivity index (χ4v) is 0.846. The van der Waals surface area contributed by atoms with E-state index in [1.165, 1.54) is 5.56 Å². The monoisotopic (exact) mass is 167 g/mol. The van der Waals surface area contributed by atoms with E-state index in [9.17, 15) is 0 Å². The zero-order valence-electron chi connectivity index (χ0n) is 7.96. The molecule has 2 nitrogen and oxygen atoms in total. The molecular formula is C10H17NO. The Kier molecular flexibility index (Phi) is 6.11. The highest BCUT2D eigenvalue weighted by Gasteiger charge is 1.87. The minimum atomic E-state index is -0.0105. The van der Waals surface area contributed by atoms with Crippen molar-refractivity contribution in [3.05, 3.63) is 29.8 Å². The Morgan fingerprint density at radius 3 is 2.50 bits per heavy atom. The van der Waals surface area contributed by atoms with Gasteiger partial charge >= 0.3 is 0 Å². The van der Waals surface area contributed by atoms with Crippen LogP contribution < -0.4 is 5.32 Å². The van der Waals surface area contributed by atoms with Gasteiger partial charge in [-0.25, -0.2) is 0 Å². The van der Waals surface area contributed by atoms with Crippen molar-refractivity contribution >= 4 is 5.69 Å².